The van der Waals surface area contributed by atoms with E-state index in [0.717, 1.165) is 37.2 Å². The van der Waals surface area contributed by atoms with E-state index in [1.807, 2.05) is 25.1 Å². The van der Waals surface area contributed by atoms with E-state index in [-0.39, 0.29) is 6.04 Å². The highest BCUT2D eigenvalue weighted by atomic mass is 16.4. The van der Waals surface area contributed by atoms with Crippen molar-refractivity contribution in [3.63, 3.8) is 0 Å². The molecule has 1 N–H and O–H groups in total. The molecular weight excluding hydrogens is 240 g/mol. The number of likely N-dealkylation sites (tertiary alicyclic amines) is 1. The predicted octanol–water partition coefficient (Wildman–Crippen LogP) is 2.47. The lowest BCUT2D eigenvalue weighted by Gasteiger charge is -2.36. The number of pyridine rings is 1. The topological polar surface area (TPSA) is 53.4 Å². The highest BCUT2D eigenvalue weighted by Crippen LogP contribution is 2.26. The van der Waals surface area contributed by atoms with Crippen molar-refractivity contribution >= 4 is 5.97 Å². The molecule has 0 aromatic carbocycles. The Morgan fingerprint density at radius 1 is 1.53 bits per heavy atom. The third kappa shape index (κ3) is 3.53. The summed E-state index contributed by atoms with van der Waals surface area (Å²) in [5.41, 5.74) is 1.94. The molecule has 4 nitrogen and oxygen atoms in total. The zero-order valence-electron chi connectivity index (χ0n) is 11.7. The Labute approximate surface area is 114 Å². The zero-order valence-corrected chi connectivity index (χ0v) is 11.7. The molecule has 104 valence electrons. The van der Waals surface area contributed by atoms with Crippen LogP contribution in [0.3, 0.4) is 0 Å². The van der Waals surface area contributed by atoms with Crippen molar-refractivity contribution in [1.82, 2.24) is 9.88 Å². The molecule has 0 spiro atoms. The molecule has 2 heterocycles. The summed E-state index contributed by atoms with van der Waals surface area (Å²) >= 11 is 0. The van der Waals surface area contributed by atoms with Gasteiger partial charge in [-0.2, -0.15) is 0 Å². The summed E-state index contributed by atoms with van der Waals surface area (Å²) in [5.74, 6) is -0.159. The van der Waals surface area contributed by atoms with E-state index in [4.69, 9.17) is 0 Å². The summed E-state index contributed by atoms with van der Waals surface area (Å²) in [6.07, 6.45) is 2.92. The van der Waals surface area contributed by atoms with Gasteiger partial charge < -0.3 is 5.11 Å². The van der Waals surface area contributed by atoms with Gasteiger partial charge in [0.05, 0.1) is 5.69 Å². The smallest absolute Gasteiger partial charge is 0.320 e. The number of hydrogen-bond acceptors (Lipinski definition) is 3. The van der Waals surface area contributed by atoms with E-state index < -0.39 is 5.97 Å². The highest BCUT2D eigenvalue weighted by Gasteiger charge is 2.32. The molecular formula is C15H22N2O2. The number of carboxylic acids is 1. The van der Waals surface area contributed by atoms with Gasteiger partial charge in [0, 0.05) is 12.2 Å². The van der Waals surface area contributed by atoms with Gasteiger partial charge in [-0.25, -0.2) is 0 Å². The molecule has 0 radical (unpaired) electrons. The van der Waals surface area contributed by atoms with Gasteiger partial charge in [-0.1, -0.05) is 19.4 Å². The van der Waals surface area contributed by atoms with Crippen LogP contribution in [-0.2, 0) is 11.3 Å². The lowest BCUT2D eigenvalue weighted by molar-refractivity contribution is -0.145. The van der Waals surface area contributed by atoms with Crippen LogP contribution in [-0.4, -0.2) is 33.5 Å². The largest absolute Gasteiger partial charge is 0.480 e. The highest BCUT2D eigenvalue weighted by molar-refractivity contribution is 5.73. The molecule has 1 aromatic rings. The summed E-state index contributed by atoms with van der Waals surface area (Å²) < 4.78 is 0. The second kappa shape index (κ2) is 6.15. The molecule has 1 saturated heterocycles. The van der Waals surface area contributed by atoms with Crippen LogP contribution in [0.4, 0.5) is 0 Å². The van der Waals surface area contributed by atoms with Crippen molar-refractivity contribution in [2.24, 2.45) is 5.92 Å². The third-order valence-electron chi connectivity index (χ3n) is 4.00. The monoisotopic (exact) mass is 262 g/mol. The summed E-state index contributed by atoms with van der Waals surface area (Å²) in [5, 5.41) is 9.39. The van der Waals surface area contributed by atoms with Gasteiger partial charge in [0.2, 0.25) is 0 Å². The maximum absolute atomic E-state index is 11.4. The van der Waals surface area contributed by atoms with Crippen LogP contribution >= 0.6 is 0 Å². The van der Waals surface area contributed by atoms with E-state index in [1.165, 1.54) is 0 Å². The molecule has 0 bridgehead atoms. The summed E-state index contributed by atoms with van der Waals surface area (Å²) in [6.45, 7) is 5.59. The van der Waals surface area contributed by atoms with Crippen LogP contribution in [0.1, 0.15) is 37.6 Å². The van der Waals surface area contributed by atoms with Crippen LogP contribution in [0.2, 0.25) is 0 Å². The molecule has 2 unspecified atom stereocenters. The van der Waals surface area contributed by atoms with E-state index in [9.17, 15) is 9.90 Å². The van der Waals surface area contributed by atoms with Crippen LogP contribution < -0.4 is 0 Å². The molecule has 1 aliphatic rings. The van der Waals surface area contributed by atoms with Gasteiger partial charge in [0.25, 0.3) is 0 Å². The molecule has 4 heteroatoms. The lowest BCUT2D eigenvalue weighted by Crippen LogP contribution is -2.46. The van der Waals surface area contributed by atoms with E-state index >= 15 is 0 Å². The molecule has 19 heavy (non-hydrogen) atoms. The molecule has 1 aromatic heterocycles. The Bertz CT molecular complexity index is 448. The van der Waals surface area contributed by atoms with Gasteiger partial charge >= 0.3 is 5.97 Å². The number of carboxylic acid groups (broad SMARTS) is 1. The average molecular weight is 262 g/mol. The number of hydrogen-bond donors (Lipinski definition) is 1. The predicted molar refractivity (Wildman–Crippen MR) is 73.8 cm³/mol. The maximum atomic E-state index is 11.4. The standard InChI is InChI=1S/C15H22N2O2/c1-3-12-7-8-17(14(9-12)15(18)19)10-13-6-4-5-11(2)16-13/h4-6,12,14H,3,7-10H2,1-2H3,(H,18,19). The summed E-state index contributed by atoms with van der Waals surface area (Å²) in [4.78, 5) is 17.9. The van der Waals surface area contributed by atoms with Crippen LogP contribution in [0, 0.1) is 12.8 Å². The van der Waals surface area contributed by atoms with Gasteiger partial charge in [0.15, 0.2) is 0 Å². The van der Waals surface area contributed by atoms with E-state index in [0.29, 0.717) is 12.5 Å². The van der Waals surface area contributed by atoms with E-state index in [2.05, 4.69) is 16.8 Å². The fraction of sp³-hybridized carbons (Fsp3) is 0.600. The second-order valence-electron chi connectivity index (χ2n) is 5.39. The summed E-state index contributed by atoms with van der Waals surface area (Å²) in [7, 11) is 0. The van der Waals surface area contributed by atoms with Gasteiger partial charge in [-0.15, -0.1) is 0 Å². The first-order valence-corrected chi connectivity index (χ1v) is 6.99. The Balaban J connectivity index is 2.07. The van der Waals surface area contributed by atoms with E-state index in [1.54, 1.807) is 0 Å². The summed E-state index contributed by atoms with van der Waals surface area (Å²) in [6, 6.07) is 5.55. The van der Waals surface area contributed by atoms with Gasteiger partial charge in [0.1, 0.15) is 6.04 Å². The molecule has 0 aliphatic carbocycles. The first-order valence-electron chi connectivity index (χ1n) is 6.99. The minimum absolute atomic E-state index is 0.360. The van der Waals surface area contributed by atoms with Gasteiger partial charge in [-0.05, 0) is 44.4 Å². The molecule has 0 saturated carbocycles. The number of rotatable bonds is 4. The Morgan fingerprint density at radius 2 is 2.32 bits per heavy atom. The maximum Gasteiger partial charge on any atom is 0.320 e. The number of aliphatic carboxylic acids is 1. The number of nitrogens with zero attached hydrogens (tertiary/aromatic N) is 2. The fourth-order valence-electron chi connectivity index (χ4n) is 2.80. The normalized spacial score (nSPS) is 24.3. The second-order valence-corrected chi connectivity index (χ2v) is 5.39. The zero-order chi connectivity index (χ0) is 13.8. The van der Waals surface area contributed by atoms with Crippen LogP contribution in [0.25, 0.3) is 0 Å². The first-order chi connectivity index (χ1) is 9.10. The molecule has 2 rings (SSSR count). The van der Waals surface area contributed by atoms with Crippen LogP contribution in [0.15, 0.2) is 18.2 Å². The van der Waals surface area contributed by atoms with Gasteiger partial charge in [-0.3, -0.25) is 14.7 Å². The number of piperidine rings is 1. The van der Waals surface area contributed by atoms with Crippen molar-refractivity contribution in [3.8, 4) is 0 Å². The Morgan fingerprint density at radius 3 is 2.95 bits per heavy atom. The molecule has 2 atom stereocenters. The van der Waals surface area contributed by atoms with Crippen molar-refractivity contribution < 1.29 is 9.90 Å². The van der Waals surface area contributed by atoms with Crippen LogP contribution in [0.5, 0.6) is 0 Å². The van der Waals surface area contributed by atoms with Crippen molar-refractivity contribution in [2.45, 2.75) is 45.7 Å². The minimum Gasteiger partial charge on any atom is -0.480 e. The lowest BCUT2D eigenvalue weighted by atomic mass is 9.89. The Kier molecular flexibility index (Phi) is 4.53. The molecule has 1 fully saturated rings. The van der Waals surface area contributed by atoms with Crippen molar-refractivity contribution in [2.75, 3.05) is 6.54 Å². The Hall–Kier alpha value is -1.42. The quantitative estimate of drug-likeness (QED) is 0.905. The third-order valence-corrected chi connectivity index (χ3v) is 4.00. The minimum atomic E-state index is -0.703. The molecule has 0 amide bonds. The molecule has 1 aliphatic heterocycles. The average Bonchev–Trinajstić information content (AvgIpc) is 2.39. The first kappa shape index (κ1) is 14.0. The van der Waals surface area contributed by atoms with Crippen molar-refractivity contribution in [3.05, 3.63) is 29.6 Å². The number of aryl methyl sites for hydroxylation is 1. The number of aromatic nitrogens is 1. The SMILES string of the molecule is CCC1CCN(Cc2cccc(C)n2)C(C(=O)O)C1. The fourth-order valence-corrected chi connectivity index (χ4v) is 2.80. The van der Waals surface area contributed by atoms with Crippen molar-refractivity contribution in [1.29, 1.82) is 0 Å². The number of carbonyl (C=O) groups is 1.